The molecule has 0 unspecified atom stereocenters. The first-order valence-electron chi connectivity index (χ1n) is 10.6. The van der Waals surface area contributed by atoms with E-state index in [1.54, 1.807) is 12.4 Å². The standard InChI is InChI=1S/C23H27N7O/c1-4-5-19-15-29(13-16(2)3)23(31)30(19)14-17-6-8-18(9-7-17)20-10-11-24-12-21(20)22-25-27-28-26-22/h6-12,15-16H,4-5,13-14H2,1-3H3,(H,25,26,27,28). The molecule has 0 fully saturated rings. The van der Waals surface area contributed by atoms with Crippen molar-refractivity contribution in [2.24, 2.45) is 5.92 Å². The molecule has 0 atom stereocenters. The molecule has 0 aliphatic rings. The van der Waals surface area contributed by atoms with Crippen LogP contribution < -0.4 is 5.69 Å². The zero-order valence-corrected chi connectivity index (χ0v) is 18.1. The maximum absolute atomic E-state index is 13.0. The van der Waals surface area contributed by atoms with Crippen LogP contribution >= 0.6 is 0 Å². The van der Waals surface area contributed by atoms with E-state index in [0.717, 1.165) is 47.3 Å². The van der Waals surface area contributed by atoms with Crippen molar-refractivity contribution in [3.8, 4) is 22.5 Å². The number of nitrogens with one attached hydrogen (secondary N) is 1. The molecule has 3 heterocycles. The predicted octanol–water partition coefficient (Wildman–Crippen LogP) is 3.55. The molecule has 1 N–H and O–H groups in total. The van der Waals surface area contributed by atoms with Gasteiger partial charge in [-0.3, -0.25) is 14.1 Å². The van der Waals surface area contributed by atoms with E-state index in [1.807, 2.05) is 21.4 Å². The molecule has 8 nitrogen and oxygen atoms in total. The van der Waals surface area contributed by atoms with Gasteiger partial charge in [0.15, 0.2) is 0 Å². The number of pyridine rings is 1. The average Bonchev–Trinajstić information content (AvgIpc) is 3.39. The van der Waals surface area contributed by atoms with E-state index in [9.17, 15) is 4.79 Å². The summed E-state index contributed by atoms with van der Waals surface area (Å²) in [6, 6.07) is 10.2. The van der Waals surface area contributed by atoms with Gasteiger partial charge in [0.25, 0.3) is 0 Å². The van der Waals surface area contributed by atoms with Crippen LogP contribution in [0.25, 0.3) is 22.5 Å². The number of hydrogen-bond acceptors (Lipinski definition) is 5. The summed E-state index contributed by atoms with van der Waals surface area (Å²) in [4.78, 5) is 17.2. The van der Waals surface area contributed by atoms with Crippen molar-refractivity contribution in [1.29, 1.82) is 0 Å². The number of aryl methyl sites for hydroxylation is 1. The van der Waals surface area contributed by atoms with E-state index < -0.39 is 0 Å². The molecule has 0 radical (unpaired) electrons. The second kappa shape index (κ2) is 9.07. The second-order valence-electron chi connectivity index (χ2n) is 8.14. The first kappa shape index (κ1) is 20.7. The Morgan fingerprint density at radius 3 is 2.58 bits per heavy atom. The van der Waals surface area contributed by atoms with Crippen LogP contribution in [0.4, 0.5) is 0 Å². The molecular formula is C23H27N7O. The van der Waals surface area contributed by atoms with Crippen LogP contribution in [-0.4, -0.2) is 34.7 Å². The molecule has 4 rings (SSSR count). The summed E-state index contributed by atoms with van der Waals surface area (Å²) in [5, 5.41) is 14.3. The topological polar surface area (TPSA) is 94.3 Å². The molecule has 0 aliphatic heterocycles. The minimum atomic E-state index is 0.0646. The number of H-pyrrole nitrogens is 1. The average molecular weight is 418 g/mol. The van der Waals surface area contributed by atoms with Gasteiger partial charge >= 0.3 is 5.69 Å². The molecule has 0 spiro atoms. The molecule has 1 aromatic carbocycles. The first-order chi connectivity index (χ1) is 15.1. The third-order valence-electron chi connectivity index (χ3n) is 5.21. The number of hydrogen-bond donors (Lipinski definition) is 1. The molecular weight excluding hydrogens is 390 g/mol. The number of nitrogens with zero attached hydrogens (tertiary/aromatic N) is 6. The van der Waals surface area contributed by atoms with Crippen molar-refractivity contribution in [2.45, 2.75) is 46.7 Å². The van der Waals surface area contributed by atoms with Crippen LogP contribution in [-0.2, 0) is 19.5 Å². The van der Waals surface area contributed by atoms with Gasteiger partial charge in [-0.15, -0.1) is 10.2 Å². The second-order valence-corrected chi connectivity index (χ2v) is 8.14. The Morgan fingerprint density at radius 1 is 1.10 bits per heavy atom. The molecule has 0 aliphatic carbocycles. The lowest BCUT2D eigenvalue weighted by Gasteiger charge is -2.09. The third-order valence-corrected chi connectivity index (χ3v) is 5.21. The molecule has 0 amide bonds. The van der Waals surface area contributed by atoms with Gasteiger partial charge in [0.1, 0.15) is 0 Å². The number of imidazole rings is 1. The highest BCUT2D eigenvalue weighted by molar-refractivity contribution is 5.79. The lowest BCUT2D eigenvalue weighted by Crippen LogP contribution is -2.26. The van der Waals surface area contributed by atoms with Crippen molar-refractivity contribution >= 4 is 0 Å². The molecule has 4 aromatic rings. The van der Waals surface area contributed by atoms with Crippen LogP contribution in [0.3, 0.4) is 0 Å². The summed E-state index contributed by atoms with van der Waals surface area (Å²) >= 11 is 0. The molecule has 160 valence electrons. The number of aromatic amines is 1. The highest BCUT2D eigenvalue weighted by atomic mass is 16.1. The summed E-state index contributed by atoms with van der Waals surface area (Å²) in [5.41, 5.74) is 5.07. The maximum atomic E-state index is 13.0. The Hall–Kier alpha value is -3.55. The fourth-order valence-electron chi connectivity index (χ4n) is 3.80. The minimum absolute atomic E-state index is 0.0646. The van der Waals surface area contributed by atoms with Gasteiger partial charge in [0.05, 0.1) is 6.54 Å². The Morgan fingerprint density at radius 2 is 1.90 bits per heavy atom. The number of aromatic nitrogens is 7. The van der Waals surface area contributed by atoms with E-state index >= 15 is 0 Å². The zero-order chi connectivity index (χ0) is 21.8. The normalized spacial score (nSPS) is 11.4. The maximum Gasteiger partial charge on any atom is 0.328 e. The molecule has 0 bridgehead atoms. The Kier molecular flexibility index (Phi) is 6.06. The van der Waals surface area contributed by atoms with Gasteiger partial charge in [-0.25, -0.2) is 4.79 Å². The monoisotopic (exact) mass is 417 g/mol. The van der Waals surface area contributed by atoms with Crippen molar-refractivity contribution in [2.75, 3.05) is 0 Å². The van der Waals surface area contributed by atoms with Crippen LogP contribution in [0.1, 0.15) is 38.4 Å². The fourth-order valence-corrected chi connectivity index (χ4v) is 3.80. The lowest BCUT2D eigenvalue weighted by molar-refractivity contribution is 0.503. The van der Waals surface area contributed by atoms with E-state index in [0.29, 0.717) is 18.3 Å². The van der Waals surface area contributed by atoms with Gasteiger partial charge in [0, 0.05) is 36.4 Å². The van der Waals surface area contributed by atoms with Crippen molar-refractivity contribution in [3.63, 3.8) is 0 Å². The van der Waals surface area contributed by atoms with Crippen LogP contribution in [0, 0.1) is 5.92 Å². The van der Waals surface area contributed by atoms with Crippen LogP contribution in [0.5, 0.6) is 0 Å². The predicted molar refractivity (Wildman–Crippen MR) is 119 cm³/mol. The fraction of sp³-hybridized carbons (Fsp3) is 0.348. The third kappa shape index (κ3) is 4.47. The smallest absolute Gasteiger partial charge is 0.299 e. The highest BCUT2D eigenvalue weighted by Gasteiger charge is 2.14. The number of benzene rings is 1. The Bertz CT molecular complexity index is 1190. The Balaban J connectivity index is 1.62. The Labute approximate surface area is 181 Å². The number of rotatable bonds is 8. The molecule has 31 heavy (non-hydrogen) atoms. The van der Waals surface area contributed by atoms with Gasteiger partial charge in [-0.2, -0.15) is 5.21 Å². The largest absolute Gasteiger partial charge is 0.328 e. The van der Waals surface area contributed by atoms with E-state index in [-0.39, 0.29) is 5.69 Å². The van der Waals surface area contributed by atoms with Gasteiger partial charge in [-0.05, 0) is 40.3 Å². The van der Waals surface area contributed by atoms with Gasteiger partial charge < -0.3 is 0 Å². The zero-order valence-electron chi connectivity index (χ0n) is 18.1. The first-order valence-corrected chi connectivity index (χ1v) is 10.6. The van der Waals surface area contributed by atoms with Crippen LogP contribution in [0.15, 0.2) is 53.7 Å². The summed E-state index contributed by atoms with van der Waals surface area (Å²) in [5.74, 6) is 0.936. The summed E-state index contributed by atoms with van der Waals surface area (Å²) < 4.78 is 3.75. The van der Waals surface area contributed by atoms with Crippen molar-refractivity contribution in [1.82, 2.24) is 34.7 Å². The summed E-state index contributed by atoms with van der Waals surface area (Å²) in [6.07, 6.45) is 7.41. The van der Waals surface area contributed by atoms with E-state index in [1.165, 1.54) is 0 Å². The molecule has 8 heteroatoms. The van der Waals surface area contributed by atoms with E-state index in [4.69, 9.17) is 0 Å². The molecule has 3 aromatic heterocycles. The SMILES string of the molecule is CCCc1cn(CC(C)C)c(=O)n1Cc1ccc(-c2ccncc2-c2nn[nH]n2)cc1. The molecule has 0 saturated carbocycles. The van der Waals surface area contributed by atoms with Crippen LogP contribution in [0.2, 0.25) is 0 Å². The van der Waals surface area contributed by atoms with Gasteiger partial charge in [0.2, 0.25) is 5.82 Å². The van der Waals surface area contributed by atoms with Crippen molar-refractivity contribution in [3.05, 3.63) is 70.7 Å². The number of tetrazole rings is 1. The van der Waals surface area contributed by atoms with Gasteiger partial charge in [-0.1, -0.05) is 51.5 Å². The highest BCUT2D eigenvalue weighted by Crippen LogP contribution is 2.29. The lowest BCUT2D eigenvalue weighted by atomic mass is 10.00. The summed E-state index contributed by atoms with van der Waals surface area (Å²) in [7, 11) is 0. The summed E-state index contributed by atoms with van der Waals surface area (Å²) in [6.45, 7) is 7.70. The quantitative estimate of drug-likeness (QED) is 0.473. The molecule has 0 saturated heterocycles. The van der Waals surface area contributed by atoms with Crippen molar-refractivity contribution < 1.29 is 0 Å². The van der Waals surface area contributed by atoms with E-state index in [2.05, 4.69) is 70.6 Å². The minimum Gasteiger partial charge on any atom is -0.299 e.